The van der Waals surface area contributed by atoms with Gasteiger partial charge in [-0.3, -0.25) is 14.4 Å². The number of carbonyl (C=O) groups is 3. The number of fused-ring (bicyclic) bond motifs is 2. The molecule has 1 N–H and O–H groups in total. The lowest BCUT2D eigenvalue weighted by Crippen LogP contribution is -2.74. The number of hydrogen-bond acceptors (Lipinski definition) is 6. The molecule has 0 spiro atoms. The van der Waals surface area contributed by atoms with Crippen LogP contribution < -0.4 is 0 Å². The van der Waals surface area contributed by atoms with Crippen molar-refractivity contribution in [2.24, 2.45) is 40.4 Å². The molecule has 0 amide bonds. The molecule has 4 aliphatic rings. The summed E-state index contributed by atoms with van der Waals surface area (Å²) in [6.07, 6.45) is -0.729. The number of rotatable bonds is 1. The third-order valence-corrected chi connectivity index (χ3v) is 8.75. The van der Waals surface area contributed by atoms with Gasteiger partial charge in [0, 0.05) is 36.2 Å². The smallest absolute Gasteiger partial charge is 0.306 e. The Morgan fingerprint density at radius 3 is 2.41 bits per heavy atom. The average molecular weight is 378 g/mol. The predicted octanol–water partition coefficient (Wildman–Crippen LogP) is 1.77. The van der Waals surface area contributed by atoms with E-state index < -0.39 is 34.9 Å². The minimum absolute atomic E-state index is 0.0187. The number of ketones is 2. The zero-order valence-corrected chi connectivity index (χ0v) is 16.7. The second kappa shape index (κ2) is 5.86. The monoisotopic (exact) mass is 378 g/mol. The Labute approximate surface area is 160 Å². The maximum absolute atomic E-state index is 13.5. The summed E-state index contributed by atoms with van der Waals surface area (Å²) >= 11 is 0. The van der Waals surface area contributed by atoms with E-state index in [4.69, 9.17) is 9.47 Å². The number of carbonyl (C=O) groups excluding carboxylic acids is 3. The summed E-state index contributed by atoms with van der Waals surface area (Å²) in [4.78, 5) is 38.8. The van der Waals surface area contributed by atoms with Crippen molar-refractivity contribution in [3.8, 4) is 0 Å². The molecule has 0 aromatic carbocycles. The molecule has 0 unspecified atom stereocenters. The van der Waals surface area contributed by atoms with E-state index in [-0.39, 0.29) is 47.8 Å². The molecule has 10 atom stereocenters. The normalized spacial score (nSPS) is 54.8. The van der Waals surface area contributed by atoms with Gasteiger partial charge >= 0.3 is 5.97 Å². The van der Waals surface area contributed by atoms with Gasteiger partial charge in [0.2, 0.25) is 0 Å². The van der Waals surface area contributed by atoms with E-state index in [0.29, 0.717) is 12.8 Å². The maximum atomic E-state index is 13.5. The highest BCUT2D eigenvalue weighted by Crippen LogP contribution is 2.67. The molecule has 4 rings (SSSR count). The van der Waals surface area contributed by atoms with Gasteiger partial charge in [-0.25, -0.2) is 0 Å². The van der Waals surface area contributed by atoms with E-state index in [1.54, 1.807) is 14.0 Å². The molecule has 1 aliphatic heterocycles. The van der Waals surface area contributed by atoms with Gasteiger partial charge in [0.05, 0.1) is 0 Å². The van der Waals surface area contributed by atoms with Gasteiger partial charge in [-0.05, 0) is 30.6 Å². The van der Waals surface area contributed by atoms with Crippen molar-refractivity contribution in [2.45, 2.75) is 65.3 Å². The fourth-order valence-electron chi connectivity index (χ4n) is 7.39. The number of Topliss-reactive ketones (excluding diaryl/α,β-unsaturated/α-hetero) is 2. The Morgan fingerprint density at radius 1 is 1.11 bits per heavy atom. The van der Waals surface area contributed by atoms with Crippen LogP contribution in [0.5, 0.6) is 0 Å². The highest BCUT2D eigenvalue weighted by atomic mass is 16.5. The molecule has 150 valence electrons. The largest absolute Gasteiger partial charge is 0.462 e. The first-order valence-electron chi connectivity index (χ1n) is 10.1. The second-order valence-electron chi connectivity index (χ2n) is 9.70. The molecule has 6 nitrogen and oxygen atoms in total. The van der Waals surface area contributed by atoms with Crippen LogP contribution in [-0.4, -0.2) is 48.1 Å². The SMILES string of the molecule is CO[C@H]1C[C@@H](C)[C@@H]2C[C@H]3OC(=O)C[C@H]4[C@@H](C)C(=O)[C@@H](O)[C@H]([C@@]2(C)C1=O)[C@@]34C. The molecule has 27 heavy (non-hydrogen) atoms. The summed E-state index contributed by atoms with van der Waals surface area (Å²) in [5.41, 5.74) is -1.47. The van der Waals surface area contributed by atoms with Crippen molar-refractivity contribution in [2.75, 3.05) is 7.11 Å². The highest BCUT2D eigenvalue weighted by Gasteiger charge is 2.73. The lowest BCUT2D eigenvalue weighted by molar-refractivity contribution is -0.256. The number of methoxy groups -OCH3 is 1. The summed E-state index contributed by atoms with van der Waals surface area (Å²) in [5, 5.41) is 11.1. The first-order valence-corrected chi connectivity index (χ1v) is 10.1. The third-order valence-electron chi connectivity index (χ3n) is 8.75. The lowest BCUT2D eigenvalue weighted by Gasteiger charge is -2.67. The Hall–Kier alpha value is -1.27. The van der Waals surface area contributed by atoms with Crippen LogP contribution in [0.15, 0.2) is 0 Å². The first-order chi connectivity index (χ1) is 12.6. The summed E-state index contributed by atoms with van der Waals surface area (Å²) in [6.45, 7) is 7.81. The average Bonchev–Trinajstić information content (AvgIpc) is 2.61. The van der Waals surface area contributed by atoms with E-state index in [1.165, 1.54) is 0 Å². The van der Waals surface area contributed by atoms with Crippen LogP contribution in [0.4, 0.5) is 0 Å². The quantitative estimate of drug-likeness (QED) is 0.700. The van der Waals surface area contributed by atoms with Crippen LogP contribution in [-0.2, 0) is 23.9 Å². The Bertz CT molecular complexity index is 703. The summed E-state index contributed by atoms with van der Waals surface area (Å²) in [6, 6.07) is 0. The molecule has 1 saturated heterocycles. The minimum atomic E-state index is -1.22. The summed E-state index contributed by atoms with van der Waals surface area (Å²) in [5.74, 6) is -1.63. The number of hydrogen-bond donors (Lipinski definition) is 1. The molecule has 6 heteroatoms. The molecule has 3 saturated carbocycles. The van der Waals surface area contributed by atoms with Gasteiger partial charge in [0.25, 0.3) is 0 Å². The summed E-state index contributed by atoms with van der Waals surface area (Å²) in [7, 11) is 1.54. The first kappa shape index (κ1) is 19.1. The molecule has 0 aromatic rings. The Morgan fingerprint density at radius 2 is 1.78 bits per heavy atom. The van der Waals surface area contributed by atoms with E-state index in [0.717, 1.165) is 0 Å². The van der Waals surface area contributed by atoms with Gasteiger partial charge < -0.3 is 14.6 Å². The van der Waals surface area contributed by atoms with Crippen molar-refractivity contribution in [3.63, 3.8) is 0 Å². The number of aliphatic hydroxyl groups excluding tert-OH is 1. The molecular weight excluding hydrogens is 348 g/mol. The van der Waals surface area contributed by atoms with Crippen LogP contribution >= 0.6 is 0 Å². The molecular formula is C21H30O6. The van der Waals surface area contributed by atoms with Crippen molar-refractivity contribution < 1.29 is 29.0 Å². The maximum Gasteiger partial charge on any atom is 0.306 e. The van der Waals surface area contributed by atoms with Crippen LogP contribution in [0.3, 0.4) is 0 Å². The van der Waals surface area contributed by atoms with E-state index in [9.17, 15) is 19.5 Å². The van der Waals surface area contributed by atoms with Crippen LogP contribution in [0.25, 0.3) is 0 Å². The van der Waals surface area contributed by atoms with Gasteiger partial charge in [-0.15, -0.1) is 0 Å². The second-order valence-corrected chi connectivity index (χ2v) is 9.70. The highest BCUT2D eigenvalue weighted by molar-refractivity contribution is 5.94. The molecule has 4 fully saturated rings. The fourth-order valence-corrected chi connectivity index (χ4v) is 7.39. The van der Waals surface area contributed by atoms with Gasteiger partial charge in [-0.2, -0.15) is 0 Å². The van der Waals surface area contributed by atoms with Gasteiger partial charge in [0.15, 0.2) is 11.6 Å². The Balaban J connectivity index is 1.91. The molecule has 1 heterocycles. The zero-order chi connectivity index (χ0) is 19.9. The van der Waals surface area contributed by atoms with Gasteiger partial charge in [-0.1, -0.05) is 27.7 Å². The zero-order valence-electron chi connectivity index (χ0n) is 16.7. The predicted molar refractivity (Wildman–Crippen MR) is 95.6 cm³/mol. The van der Waals surface area contributed by atoms with Crippen LogP contribution in [0, 0.1) is 40.4 Å². The van der Waals surface area contributed by atoms with E-state index >= 15 is 0 Å². The van der Waals surface area contributed by atoms with Gasteiger partial charge in [0.1, 0.15) is 18.3 Å². The molecule has 0 aromatic heterocycles. The van der Waals surface area contributed by atoms with Crippen molar-refractivity contribution in [1.82, 2.24) is 0 Å². The number of aliphatic hydroxyl groups is 1. The third kappa shape index (κ3) is 2.17. The molecule has 0 bridgehead atoms. The molecule has 3 aliphatic carbocycles. The lowest BCUT2D eigenvalue weighted by atomic mass is 9.37. The van der Waals surface area contributed by atoms with Crippen molar-refractivity contribution in [3.05, 3.63) is 0 Å². The number of ether oxygens (including phenoxy) is 2. The fraction of sp³-hybridized carbons (Fsp3) is 0.857. The van der Waals surface area contributed by atoms with E-state index in [1.807, 2.05) is 13.8 Å². The number of esters is 1. The van der Waals surface area contributed by atoms with Crippen LogP contribution in [0.2, 0.25) is 0 Å². The standard InChI is InChI=1S/C21H30O6/c1-9-6-13(26-5)19(25)21(4)11(9)7-14-20(3)12(8-15(22)27-14)10(2)16(23)17(24)18(20)21/h9-14,17-18,24H,6-8H2,1-5H3/t9-,10-,11+,12+,13+,14-,17-,18+,20-,21+/m1/s1. The topological polar surface area (TPSA) is 89.9 Å². The minimum Gasteiger partial charge on any atom is -0.462 e. The molecule has 0 radical (unpaired) electrons. The van der Waals surface area contributed by atoms with Crippen molar-refractivity contribution in [1.29, 1.82) is 0 Å². The van der Waals surface area contributed by atoms with E-state index in [2.05, 4.69) is 6.92 Å². The Kier molecular flexibility index (Phi) is 4.14. The van der Waals surface area contributed by atoms with Crippen molar-refractivity contribution >= 4 is 17.5 Å². The van der Waals surface area contributed by atoms with Crippen LogP contribution in [0.1, 0.15) is 47.0 Å². The summed E-state index contributed by atoms with van der Waals surface area (Å²) < 4.78 is 11.3.